The zero-order valence-electron chi connectivity index (χ0n) is 16.3. The number of likely N-dealkylation sites (tertiary alicyclic amines) is 1. The van der Waals surface area contributed by atoms with E-state index in [1.54, 1.807) is 7.11 Å². The predicted molar refractivity (Wildman–Crippen MR) is 112 cm³/mol. The first kappa shape index (κ1) is 18.6. The van der Waals surface area contributed by atoms with Crippen LogP contribution in [0.2, 0.25) is 0 Å². The van der Waals surface area contributed by atoms with E-state index in [4.69, 9.17) is 4.74 Å². The topological polar surface area (TPSA) is 42.4 Å². The molecule has 2 heterocycles. The van der Waals surface area contributed by atoms with Crippen LogP contribution in [0.3, 0.4) is 0 Å². The number of nitrogens with zero attached hydrogens (tertiary/aromatic N) is 2. The molecule has 1 aliphatic heterocycles. The van der Waals surface area contributed by atoms with Crippen LogP contribution in [0.5, 0.6) is 5.75 Å². The van der Waals surface area contributed by atoms with Crippen molar-refractivity contribution in [2.75, 3.05) is 26.7 Å². The molecule has 0 aliphatic carbocycles. The van der Waals surface area contributed by atoms with E-state index < -0.39 is 0 Å². The second-order valence-corrected chi connectivity index (χ2v) is 7.50. The highest BCUT2D eigenvalue weighted by Crippen LogP contribution is 2.25. The first-order valence-electron chi connectivity index (χ1n) is 9.97. The second kappa shape index (κ2) is 8.53. The van der Waals surface area contributed by atoms with Gasteiger partial charge in [-0.25, -0.2) is 0 Å². The summed E-state index contributed by atoms with van der Waals surface area (Å²) >= 11 is 0. The number of aromatic nitrogens is 1. The quantitative estimate of drug-likeness (QED) is 0.601. The Kier molecular flexibility index (Phi) is 5.68. The van der Waals surface area contributed by atoms with Gasteiger partial charge >= 0.3 is 0 Å². The van der Waals surface area contributed by atoms with Crippen LogP contribution in [0.1, 0.15) is 28.9 Å². The van der Waals surface area contributed by atoms with E-state index in [9.17, 15) is 4.79 Å². The third-order valence-electron chi connectivity index (χ3n) is 5.62. The number of Topliss-reactive ketones (excluding diaryl/α,β-unsaturated/α-hetero) is 1. The molecule has 0 unspecified atom stereocenters. The molecule has 1 aliphatic rings. The SMILES string of the molecule is COc1ccc2cc(C(=O)[C@H]3CCCN(CCc4ccccn4)C3)ccc2c1. The van der Waals surface area contributed by atoms with Crippen LogP contribution in [0.15, 0.2) is 60.8 Å². The van der Waals surface area contributed by atoms with Gasteiger partial charge in [0.05, 0.1) is 7.11 Å². The normalized spacial score (nSPS) is 17.5. The summed E-state index contributed by atoms with van der Waals surface area (Å²) in [6, 6.07) is 18.0. The molecule has 0 spiro atoms. The number of carbonyl (C=O) groups excluding carboxylic acids is 1. The molecule has 0 amide bonds. The lowest BCUT2D eigenvalue weighted by atomic mass is 9.89. The zero-order valence-corrected chi connectivity index (χ0v) is 16.3. The van der Waals surface area contributed by atoms with Crippen molar-refractivity contribution in [3.8, 4) is 5.75 Å². The van der Waals surface area contributed by atoms with Crippen molar-refractivity contribution in [3.63, 3.8) is 0 Å². The number of fused-ring (bicyclic) bond motifs is 1. The molecule has 0 N–H and O–H groups in total. The van der Waals surface area contributed by atoms with E-state index >= 15 is 0 Å². The van der Waals surface area contributed by atoms with Crippen molar-refractivity contribution in [1.29, 1.82) is 0 Å². The Bertz CT molecular complexity index is 955. The first-order chi connectivity index (χ1) is 13.7. The van der Waals surface area contributed by atoms with Crippen molar-refractivity contribution in [2.24, 2.45) is 5.92 Å². The van der Waals surface area contributed by atoms with Gasteiger partial charge in [-0.15, -0.1) is 0 Å². The van der Waals surface area contributed by atoms with Crippen LogP contribution in [0, 0.1) is 5.92 Å². The molecular formula is C24H26N2O2. The van der Waals surface area contributed by atoms with Gasteiger partial charge in [0.1, 0.15) is 5.75 Å². The van der Waals surface area contributed by atoms with E-state index in [2.05, 4.69) is 16.0 Å². The second-order valence-electron chi connectivity index (χ2n) is 7.50. The molecule has 3 aromatic rings. The summed E-state index contributed by atoms with van der Waals surface area (Å²) in [4.78, 5) is 19.9. The van der Waals surface area contributed by atoms with E-state index in [0.29, 0.717) is 0 Å². The van der Waals surface area contributed by atoms with Crippen molar-refractivity contribution in [1.82, 2.24) is 9.88 Å². The molecule has 1 atom stereocenters. The van der Waals surface area contributed by atoms with Gasteiger partial charge in [0.15, 0.2) is 5.78 Å². The van der Waals surface area contributed by atoms with E-state index in [1.807, 2.05) is 54.7 Å². The number of ether oxygens (including phenoxy) is 1. The highest BCUT2D eigenvalue weighted by molar-refractivity contribution is 6.01. The van der Waals surface area contributed by atoms with Crippen molar-refractivity contribution in [2.45, 2.75) is 19.3 Å². The Balaban J connectivity index is 1.43. The number of methoxy groups -OCH3 is 1. The number of hydrogen-bond donors (Lipinski definition) is 0. The molecule has 1 aromatic heterocycles. The molecular weight excluding hydrogens is 348 g/mol. The molecule has 28 heavy (non-hydrogen) atoms. The van der Waals surface area contributed by atoms with Gasteiger partial charge in [-0.3, -0.25) is 9.78 Å². The Labute approximate surface area is 166 Å². The summed E-state index contributed by atoms with van der Waals surface area (Å²) in [6.45, 7) is 2.86. The molecule has 4 rings (SSSR count). The van der Waals surface area contributed by atoms with Gasteiger partial charge in [-0.05, 0) is 60.5 Å². The van der Waals surface area contributed by atoms with Gasteiger partial charge < -0.3 is 9.64 Å². The first-order valence-corrected chi connectivity index (χ1v) is 9.97. The fraction of sp³-hybridized carbons (Fsp3) is 0.333. The third-order valence-corrected chi connectivity index (χ3v) is 5.62. The maximum absolute atomic E-state index is 13.1. The lowest BCUT2D eigenvalue weighted by molar-refractivity contribution is 0.0821. The van der Waals surface area contributed by atoms with Gasteiger partial charge in [0, 0.05) is 42.9 Å². The highest BCUT2D eigenvalue weighted by Gasteiger charge is 2.26. The van der Waals surface area contributed by atoms with Crippen LogP contribution >= 0.6 is 0 Å². The average molecular weight is 374 g/mol. The zero-order chi connectivity index (χ0) is 19.3. The summed E-state index contributed by atoms with van der Waals surface area (Å²) in [7, 11) is 1.67. The fourth-order valence-electron chi connectivity index (χ4n) is 4.03. The average Bonchev–Trinajstić information content (AvgIpc) is 2.77. The number of piperidine rings is 1. The molecule has 0 saturated carbocycles. The maximum Gasteiger partial charge on any atom is 0.167 e. The lowest BCUT2D eigenvalue weighted by Gasteiger charge is -2.32. The van der Waals surface area contributed by atoms with E-state index in [-0.39, 0.29) is 11.7 Å². The summed E-state index contributed by atoms with van der Waals surface area (Å²) in [6.07, 6.45) is 4.82. The fourth-order valence-corrected chi connectivity index (χ4v) is 4.03. The van der Waals surface area contributed by atoms with Gasteiger partial charge in [-0.1, -0.05) is 24.3 Å². The molecule has 0 bridgehead atoms. The summed E-state index contributed by atoms with van der Waals surface area (Å²) in [5.41, 5.74) is 1.93. The molecule has 4 nitrogen and oxygen atoms in total. The smallest absolute Gasteiger partial charge is 0.167 e. The third kappa shape index (κ3) is 4.23. The molecule has 2 aromatic carbocycles. The number of carbonyl (C=O) groups is 1. The molecule has 1 fully saturated rings. The van der Waals surface area contributed by atoms with Crippen LogP contribution in [0.4, 0.5) is 0 Å². The van der Waals surface area contributed by atoms with E-state index in [1.165, 1.54) is 0 Å². The van der Waals surface area contributed by atoms with Gasteiger partial charge in [0.2, 0.25) is 0 Å². The highest BCUT2D eigenvalue weighted by atomic mass is 16.5. The Morgan fingerprint density at radius 1 is 1.14 bits per heavy atom. The minimum absolute atomic E-state index is 0.0770. The molecule has 144 valence electrons. The van der Waals surface area contributed by atoms with Crippen molar-refractivity contribution in [3.05, 3.63) is 72.1 Å². The number of rotatable bonds is 6. The van der Waals surface area contributed by atoms with E-state index in [0.717, 1.165) is 66.7 Å². The Morgan fingerprint density at radius 2 is 2.00 bits per heavy atom. The lowest BCUT2D eigenvalue weighted by Crippen LogP contribution is -2.39. The monoisotopic (exact) mass is 374 g/mol. The summed E-state index contributed by atoms with van der Waals surface area (Å²) in [5, 5.41) is 2.17. The minimum atomic E-state index is 0.0770. The standard InChI is InChI=1S/C24H26N2O2/c1-28-23-10-9-18-15-20(8-7-19(18)16-23)24(27)21-5-4-13-26(17-21)14-11-22-6-2-3-12-25-22/h2-3,6-10,12,15-16,21H,4-5,11,13-14,17H2,1H3/t21-/m0/s1. The maximum atomic E-state index is 13.1. The van der Waals surface area contributed by atoms with Crippen LogP contribution in [0.25, 0.3) is 10.8 Å². The van der Waals surface area contributed by atoms with Gasteiger partial charge in [0.25, 0.3) is 0 Å². The summed E-state index contributed by atoms with van der Waals surface area (Å²) in [5.74, 6) is 1.18. The van der Waals surface area contributed by atoms with Crippen molar-refractivity contribution >= 4 is 16.6 Å². The largest absolute Gasteiger partial charge is 0.497 e. The summed E-state index contributed by atoms with van der Waals surface area (Å²) < 4.78 is 5.28. The Morgan fingerprint density at radius 3 is 2.82 bits per heavy atom. The van der Waals surface area contributed by atoms with Gasteiger partial charge in [-0.2, -0.15) is 0 Å². The minimum Gasteiger partial charge on any atom is -0.497 e. The van der Waals surface area contributed by atoms with Crippen LogP contribution in [-0.4, -0.2) is 42.4 Å². The number of benzene rings is 2. The number of pyridine rings is 1. The molecule has 0 radical (unpaired) electrons. The predicted octanol–water partition coefficient (Wildman–Crippen LogP) is 4.38. The van der Waals surface area contributed by atoms with Crippen molar-refractivity contribution < 1.29 is 9.53 Å². The Hall–Kier alpha value is -2.72. The number of hydrogen-bond acceptors (Lipinski definition) is 4. The van der Waals surface area contributed by atoms with Crippen LogP contribution < -0.4 is 4.74 Å². The van der Waals surface area contributed by atoms with Crippen LogP contribution in [-0.2, 0) is 6.42 Å². The molecule has 4 heteroatoms. The molecule has 1 saturated heterocycles. The number of ketones is 1.